The van der Waals surface area contributed by atoms with Crippen LogP contribution in [0.25, 0.3) is 0 Å². The zero-order valence-electron chi connectivity index (χ0n) is 11.0. The molecule has 1 aromatic carbocycles. The van der Waals surface area contributed by atoms with Gasteiger partial charge in [-0.1, -0.05) is 18.2 Å². The van der Waals surface area contributed by atoms with E-state index in [0.717, 1.165) is 36.3 Å². The summed E-state index contributed by atoms with van der Waals surface area (Å²) in [5, 5.41) is 9.53. The van der Waals surface area contributed by atoms with E-state index in [2.05, 4.69) is 4.98 Å². The lowest BCUT2D eigenvalue weighted by atomic mass is 9.90. The van der Waals surface area contributed by atoms with Crippen LogP contribution in [0.4, 0.5) is 0 Å². The van der Waals surface area contributed by atoms with E-state index in [1.54, 1.807) is 24.5 Å². The van der Waals surface area contributed by atoms with Gasteiger partial charge in [-0.2, -0.15) is 0 Å². The summed E-state index contributed by atoms with van der Waals surface area (Å²) in [5.74, 6) is -0.680. The van der Waals surface area contributed by atoms with Crippen LogP contribution in [0.2, 0.25) is 0 Å². The molecule has 4 heteroatoms. The third-order valence-corrected chi connectivity index (χ3v) is 3.53. The van der Waals surface area contributed by atoms with Crippen molar-refractivity contribution in [3.8, 4) is 5.75 Å². The fourth-order valence-electron chi connectivity index (χ4n) is 2.58. The van der Waals surface area contributed by atoms with Crippen LogP contribution in [0.15, 0.2) is 42.7 Å². The Bertz CT molecular complexity index is 625. The zero-order chi connectivity index (χ0) is 13.9. The van der Waals surface area contributed by atoms with Gasteiger partial charge in [0.05, 0.1) is 6.61 Å². The topological polar surface area (TPSA) is 59.4 Å². The van der Waals surface area contributed by atoms with Crippen molar-refractivity contribution in [2.75, 3.05) is 6.61 Å². The summed E-state index contributed by atoms with van der Waals surface area (Å²) < 4.78 is 5.56. The first-order valence-electron chi connectivity index (χ1n) is 6.64. The fraction of sp³-hybridized carbons (Fsp3) is 0.250. The molecule has 1 unspecified atom stereocenters. The first kappa shape index (κ1) is 12.7. The minimum atomic E-state index is -0.866. The molecule has 102 valence electrons. The van der Waals surface area contributed by atoms with E-state index in [1.165, 1.54) is 0 Å². The van der Waals surface area contributed by atoms with Gasteiger partial charge in [-0.15, -0.1) is 0 Å². The first-order chi connectivity index (χ1) is 9.75. The second-order valence-corrected chi connectivity index (χ2v) is 4.88. The molecule has 0 radical (unpaired) electrons. The monoisotopic (exact) mass is 269 g/mol. The summed E-state index contributed by atoms with van der Waals surface area (Å²) in [6.45, 7) is 0.733. The van der Waals surface area contributed by atoms with Crippen molar-refractivity contribution in [2.24, 2.45) is 0 Å². The number of carboxylic acids is 1. The molecular weight excluding hydrogens is 254 g/mol. The molecule has 20 heavy (non-hydrogen) atoms. The summed E-state index contributed by atoms with van der Waals surface area (Å²) in [6.07, 6.45) is 5.15. The number of hydrogen-bond donors (Lipinski definition) is 1. The van der Waals surface area contributed by atoms with E-state index in [9.17, 15) is 9.90 Å². The Hall–Kier alpha value is -2.36. The molecule has 2 aromatic rings. The van der Waals surface area contributed by atoms with Crippen LogP contribution < -0.4 is 4.74 Å². The van der Waals surface area contributed by atoms with Gasteiger partial charge in [-0.3, -0.25) is 9.78 Å². The summed E-state index contributed by atoms with van der Waals surface area (Å²) in [6, 6.07) is 9.20. The van der Waals surface area contributed by atoms with Gasteiger partial charge in [0.25, 0.3) is 0 Å². The Morgan fingerprint density at radius 2 is 2.20 bits per heavy atom. The smallest absolute Gasteiger partial charge is 0.315 e. The number of rotatable bonds is 3. The van der Waals surface area contributed by atoms with Crippen molar-refractivity contribution in [1.82, 2.24) is 4.98 Å². The normalized spacial score (nSPS) is 15.0. The number of benzene rings is 1. The van der Waals surface area contributed by atoms with Gasteiger partial charge in [-0.05, 0) is 41.7 Å². The quantitative estimate of drug-likeness (QED) is 0.930. The van der Waals surface area contributed by atoms with E-state index in [-0.39, 0.29) is 0 Å². The van der Waals surface area contributed by atoms with Crippen molar-refractivity contribution in [3.63, 3.8) is 0 Å². The standard InChI is InChI=1S/C16H15NO3/c18-16(19)15(13-3-1-7-17-10-13)12-5-6-14-11(9-12)4-2-8-20-14/h1,3,5-7,9-10,15H,2,4,8H2,(H,18,19). The van der Waals surface area contributed by atoms with Crippen molar-refractivity contribution in [2.45, 2.75) is 18.8 Å². The SMILES string of the molecule is O=C(O)C(c1cccnc1)c1ccc2c(c1)CCCO2. The molecule has 1 atom stereocenters. The second-order valence-electron chi connectivity index (χ2n) is 4.88. The van der Waals surface area contributed by atoms with Crippen LogP contribution in [0, 0.1) is 0 Å². The minimum Gasteiger partial charge on any atom is -0.493 e. The number of carboxylic acid groups (broad SMARTS) is 1. The summed E-state index contributed by atoms with van der Waals surface area (Å²) in [4.78, 5) is 15.6. The number of ether oxygens (including phenoxy) is 1. The molecule has 0 fully saturated rings. The van der Waals surface area contributed by atoms with E-state index < -0.39 is 11.9 Å². The second kappa shape index (κ2) is 5.33. The predicted molar refractivity (Wildman–Crippen MR) is 74.0 cm³/mol. The Morgan fingerprint density at radius 3 is 2.95 bits per heavy atom. The molecule has 3 rings (SSSR count). The van der Waals surface area contributed by atoms with E-state index in [1.807, 2.05) is 18.2 Å². The summed E-state index contributed by atoms with van der Waals surface area (Å²) in [5.41, 5.74) is 2.55. The highest BCUT2D eigenvalue weighted by molar-refractivity contribution is 5.80. The molecule has 1 N–H and O–H groups in total. The Morgan fingerprint density at radius 1 is 1.30 bits per heavy atom. The molecule has 0 bridgehead atoms. The van der Waals surface area contributed by atoms with Gasteiger partial charge in [-0.25, -0.2) is 0 Å². The lowest BCUT2D eigenvalue weighted by Gasteiger charge is -2.20. The molecule has 4 nitrogen and oxygen atoms in total. The maximum Gasteiger partial charge on any atom is 0.315 e. The van der Waals surface area contributed by atoms with Crippen molar-refractivity contribution in [1.29, 1.82) is 0 Å². The molecule has 0 aliphatic carbocycles. The van der Waals surface area contributed by atoms with Crippen molar-refractivity contribution in [3.05, 3.63) is 59.4 Å². The largest absolute Gasteiger partial charge is 0.493 e. The highest BCUT2D eigenvalue weighted by Gasteiger charge is 2.23. The molecule has 0 spiro atoms. The summed E-state index contributed by atoms with van der Waals surface area (Å²) in [7, 11) is 0. The van der Waals surface area contributed by atoms with Crippen LogP contribution in [0.5, 0.6) is 5.75 Å². The van der Waals surface area contributed by atoms with Crippen LogP contribution >= 0.6 is 0 Å². The number of aliphatic carboxylic acids is 1. The number of pyridine rings is 1. The van der Waals surface area contributed by atoms with Crippen LogP contribution in [0.1, 0.15) is 29.0 Å². The molecule has 1 aliphatic rings. The lowest BCUT2D eigenvalue weighted by molar-refractivity contribution is -0.137. The highest BCUT2D eigenvalue weighted by atomic mass is 16.5. The van der Waals surface area contributed by atoms with Crippen LogP contribution in [0.3, 0.4) is 0 Å². The highest BCUT2D eigenvalue weighted by Crippen LogP contribution is 2.31. The van der Waals surface area contributed by atoms with Gasteiger partial charge >= 0.3 is 5.97 Å². The van der Waals surface area contributed by atoms with E-state index in [4.69, 9.17) is 4.74 Å². The van der Waals surface area contributed by atoms with Crippen molar-refractivity contribution < 1.29 is 14.6 Å². The fourth-order valence-corrected chi connectivity index (χ4v) is 2.58. The number of fused-ring (bicyclic) bond motifs is 1. The Kier molecular flexibility index (Phi) is 3.37. The maximum atomic E-state index is 11.6. The molecule has 2 heterocycles. The van der Waals surface area contributed by atoms with Gasteiger partial charge in [0.2, 0.25) is 0 Å². The average Bonchev–Trinajstić information content (AvgIpc) is 2.48. The average molecular weight is 269 g/mol. The maximum absolute atomic E-state index is 11.6. The molecule has 0 saturated carbocycles. The molecule has 0 amide bonds. The molecular formula is C16H15NO3. The first-order valence-corrected chi connectivity index (χ1v) is 6.64. The number of aromatic nitrogens is 1. The van der Waals surface area contributed by atoms with Crippen molar-refractivity contribution >= 4 is 5.97 Å². The van der Waals surface area contributed by atoms with Gasteiger partial charge in [0.1, 0.15) is 11.7 Å². The molecule has 1 aromatic heterocycles. The third-order valence-electron chi connectivity index (χ3n) is 3.53. The minimum absolute atomic E-state index is 0.684. The number of carbonyl (C=O) groups is 1. The number of nitrogens with zero attached hydrogens (tertiary/aromatic N) is 1. The molecule has 0 saturated heterocycles. The molecule has 1 aliphatic heterocycles. The van der Waals surface area contributed by atoms with E-state index in [0.29, 0.717) is 5.56 Å². The lowest BCUT2D eigenvalue weighted by Crippen LogP contribution is -2.15. The predicted octanol–water partition coefficient (Wildman–Crippen LogP) is 2.62. The van der Waals surface area contributed by atoms with Crippen LogP contribution in [-0.4, -0.2) is 22.7 Å². The summed E-state index contributed by atoms with van der Waals surface area (Å²) >= 11 is 0. The van der Waals surface area contributed by atoms with Crippen LogP contribution in [-0.2, 0) is 11.2 Å². The Labute approximate surface area is 117 Å². The number of aryl methyl sites for hydroxylation is 1. The zero-order valence-corrected chi connectivity index (χ0v) is 11.0. The van der Waals surface area contributed by atoms with E-state index >= 15 is 0 Å². The van der Waals surface area contributed by atoms with Gasteiger partial charge < -0.3 is 9.84 Å². The van der Waals surface area contributed by atoms with Gasteiger partial charge in [0, 0.05) is 12.4 Å². The number of hydrogen-bond acceptors (Lipinski definition) is 3. The van der Waals surface area contributed by atoms with Gasteiger partial charge in [0.15, 0.2) is 0 Å². The Balaban J connectivity index is 2.02. The third kappa shape index (κ3) is 2.37.